The summed E-state index contributed by atoms with van der Waals surface area (Å²) in [6.07, 6.45) is 0. The lowest BCUT2D eigenvalue weighted by atomic mass is 10.1. The van der Waals surface area contributed by atoms with Gasteiger partial charge in [0.1, 0.15) is 0 Å². The van der Waals surface area contributed by atoms with E-state index in [1.165, 1.54) is 0 Å². The average Bonchev–Trinajstić information content (AvgIpc) is 1.86. The normalized spacial score (nSPS) is 11.8. The van der Waals surface area contributed by atoms with Crippen LogP contribution in [0.1, 0.15) is 20.8 Å². The Labute approximate surface area is 74.1 Å². The Bertz CT molecular complexity index is 192. The van der Waals surface area contributed by atoms with Crippen LogP contribution in [-0.2, 0) is 14.6 Å². The van der Waals surface area contributed by atoms with E-state index in [0.29, 0.717) is 5.54 Å². The van der Waals surface area contributed by atoms with Crippen molar-refractivity contribution >= 4 is 10.4 Å². The first kappa shape index (κ1) is 14.4. The molecule has 0 radical (unpaired) electrons. The van der Waals surface area contributed by atoms with Crippen molar-refractivity contribution in [1.82, 2.24) is 0 Å². The topological polar surface area (TPSA) is 83.0 Å². The van der Waals surface area contributed by atoms with Crippen molar-refractivity contribution in [3.05, 3.63) is 0 Å². The third kappa shape index (κ3) is 22.5. The zero-order valence-electron chi connectivity index (χ0n) is 8.12. The molecule has 0 amide bonds. The van der Waals surface area contributed by atoms with Crippen LogP contribution in [0.4, 0.5) is 0 Å². The molecule has 0 bridgehead atoms. The van der Waals surface area contributed by atoms with Crippen LogP contribution in [0.5, 0.6) is 0 Å². The summed E-state index contributed by atoms with van der Waals surface area (Å²) in [5, 5.41) is 2.19. The molecule has 6 heteroatoms. The van der Waals surface area contributed by atoms with Crippen LogP contribution in [0.25, 0.3) is 0 Å². The van der Waals surface area contributed by atoms with E-state index < -0.39 is 10.4 Å². The van der Waals surface area contributed by atoms with Gasteiger partial charge >= 0.3 is 0 Å². The molecule has 0 saturated carbocycles. The molecule has 0 aromatic heterocycles. The average molecular weight is 199 g/mol. The van der Waals surface area contributed by atoms with Crippen molar-refractivity contribution in [2.45, 2.75) is 26.3 Å². The first-order valence-electron chi connectivity index (χ1n) is 3.44. The van der Waals surface area contributed by atoms with Gasteiger partial charge in [-0.1, -0.05) is 0 Å². The van der Waals surface area contributed by atoms with Crippen LogP contribution in [0, 0.1) is 0 Å². The second-order valence-corrected chi connectivity index (χ2v) is 4.38. The molecule has 0 aromatic carbocycles. The first-order chi connectivity index (χ1) is 5.12. The minimum atomic E-state index is -4.41. The Morgan fingerprint density at radius 1 is 1.33 bits per heavy atom. The molecule has 5 nitrogen and oxygen atoms in total. The third-order valence-corrected chi connectivity index (χ3v) is 1.48. The second kappa shape index (κ2) is 5.47. The second-order valence-electron chi connectivity index (χ2n) is 3.23. The standard InChI is InChI=1S/C5H13N.CH4O4S/c1-5(2,3)6-4;1-5-6(2,3)4/h6H,1-4H3;1H3,(H,2,3,4). The van der Waals surface area contributed by atoms with Gasteiger partial charge < -0.3 is 9.87 Å². The van der Waals surface area contributed by atoms with Crippen LogP contribution >= 0.6 is 0 Å². The van der Waals surface area contributed by atoms with Gasteiger partial charge in [0.05, 0.1) is 19.7 Å². The van der Waals surface area contributed by atoms with Gasteiger partial charge in [0.25, 0.3) is 0 Å². The fourth-order valence-electron chi connectivity index (χ4n) is 0. The van der Waals surface area contributed by atoms with Gasteiger partial charge in [-0.25, -0.2) is 8.42 Å². The van der Waals surface area contributed by atoms with Crippen LogP contribution in [0.2, 0.25) is 0 Å². The Balaban J connectivity index is 0. The molecule has 12 heavy (non-hydrogen) atoms. The highest BCUT2D eigenvalue weighted by atomic mass is 32.3. The van der Waals surface area contributed by atoms with Gasteiger partial charge in [0, 0.05) is 0 Å². The minimum absolute atomic E-state index is 0.417. The van der Waals surface area contributed by atoms with Crippen LogP contribution in [0.15, 0.2) is 0 Å². The maximum Gasteiger partial charge on any atom is 0.217 e. The minimum Gasteiger partial charge on any atom is -0.726 e. The molecule has 0 aromatic rings. The van der Waals surface area contributed by atoms with Crippen molar-refractivity contribution in [2.75, 3.05) is 14.2 Å². The van der Waals surface area contributed by atoms with Crippen molar-refractivity contribution in [1.29, 1.82) is 0 Å². The highest BCUT2D eigenvalue weighted by molar-refractivity contribution is 7.80. The predicted molar refractivity (Wildman–Crippen MR) is 44.3 cm³/mol. The molecule has 0 fully saturated rings. The molecule has 0 aliphatic rings. The third-order valence-electron chi connectivity index (χ3n) is 1.07. The highest BCUT2D eigenvalue weighted by Crippen LogP contribution is 1.85. The quantitative estimate of drug-likeness (QED) is 0.437. The SMILES string of the molecule is COS(=O)(=O)[O-].C[NH2+]C(C)(C)C. The number of hydrogen-bond acceptors (Lipinski definition) is 4. The summed E-state index contributed by atoms with van der Waals surface area (Å²) < 4.78 is 31.0. The molecular formula is C6H17NO4S. The number of rotatable bonds is 1. The van der Waals surface area contributed by atoms with Crippen LogP contribution < -0.4 is 5.32 Å². The van der Waals surface area contributed by atoms with Crippen molar-refractivity contribution in [3.8, 4) is 0 Å². The van der Waals surface area contributed by atoms with Crippen molar-refractivity contribution < 1.29 is 22.5 Å². The molecule has 0 atom stereocenters. The summed E-state index contributed by atoms with van der Waals surface area (Å²) in [7, 11) is -1.52. The number of quaternary nitrogens is 1. The van der Waals surface area contributed by atoms with Gasteiger partial charge in [-0.15, -0.1) is 0 Å². The lowest BCUT2D eigenvalue weighted by molar-refractivity contribution is -0.692. The van der Waals surface area contributed by atoms with E-state index in [1.807, 2.05) is 0 Å². The Hall–Kier alpha value is -0.170. The maximum atomic E-state index is 9.22. The highest BCUT2D eigenvalue weighted by Gasteiger charge is 2.06. The molecular weight excluding hydrogens is 182 g/mol. The zero-order valence-corrected chi connectivity index (χ0v) is 8.94. The molecule has 0 spiro atoms. The number of hydrogen-bond donors (Lipinski definition) is 1. The zero-order chi connectivity index (χ0) is 10.4. The summed E-state index contributed by atoms with van der Waals surface area (Å²) in [5.74, 6) is 0. The Morgan fingerprint density at radius 2 is 1.50 bits per heavy atom. The van der Waals surface area contributed by atoms with Crippen molar-refractivity contribution in [3.63, 3.8) is 0 Å². The largest absolute Gasteiger partial charge is 0.726 e. The Kier molecular flexibility index (Phi) is 6.55. The van der Waals surface area contributed by atoms with E-state index in [0.717, 1.165) is 7.11 Å². The van der Waals surface area contributed by atoms with Gasteiger partial charge in [-0.05, 0) is 20.8 Å². The van der Waals surface area contributed by atoms with Crippen molar-refractivity contribution in [2.24, 2.45) is 0 Å². The maximum absolute atomic E-state index is 9.22. The molecule has 0 saturated heterocycles. The first-order valence-corrected chi connectivity index (χ1v) is 4.77. The van der Waals surface area contributed by atoms with Crippen LogP contribution in [0.3, 0.4) is 0 Å². The van der Waals surface area contributed by atoms with E-state index >= 15 is 0 Å². The summed E-state index contributed by atoms with van der Waals surface area (Å²) in [6, 6.07) is 0. The molecule has 0 aliphatic heterocycles. The van der Waals surface area contributed by atoms with E-state index in [1.54, 1.807) is 0 Å². The van der Waals surface area contributed by atoms with E-state index in [9.17, 15) is 13.0 Å². The monoisotopic (exact) mass is 199 g/mol. The van der Waals surface area contributed by atoms with Gasteiger partial charge in [0.2, 0.25) is 10.4 Å². The van der Waals surface area contributed by atoms with E-state index in [4.69, 9.17) is 0 Å². The molecule has 76 valence electrons. The molecule has 0 rings (SSSR count). The van der Waals surface area contributed by atoms with E-state index in [2.05, 4.69) is 37.3 Å². The van der Waals surface area contributed by atoms with Crippen LogP contribution in [-0.4, -0.2) is 32.7 Å². The van der Waals surface area contributed by atoms with E-state index in [-0.39, 0.29) is 0 Å². The fourth-order valence-corrected chi connectivity index (χ4v) is 0. The molecule has 0 unspecified atom stereocenters. The summed E-state index contributed by atoms with van der Waals surface area (Å²) in [4.78, 5) is 0. The van der Waals surface area contributed by atoms with Gasteiger partial charge in [-0.2, -0.15) is 0 Å². The lowest BCUT2D eigenvalue weighted by Gasteiger charge is -2.11. The summed E-state index contributed by atoms with van der Waals surface area (Å²) in [6.45, 7) is 6.56. The molecule has 0 aliphatic carbocycles. The Morgan fingerprint density at radius 3 is 1.50 bits per heavy atom. The smallest absolute Gasteiger partial charge is 0.217 e. The number of nitrogens with two attached hydrogens (primary N) is 1. The fraction of sp³-hybridized carbons (Fsp3) is 1.00. The molecule has 0 heterocycles. The molecule has 2 N–H and O–H groups in total. The predicted octanol–water partition coefficient (Wildman–Crippen LogP) is -0.929. The summed E-state index contributed by atoms with van der Waals surface area (Å²) >= 11 is 0. The lowest BCUT2D eigenvalue weighted by Crippen LogP contribution is -2.90. The van der Waals surface area contributed by atoms with Gasteiger partial charge in [0.15, 0.2) is 0 Å². The summed E-state index contributed by atoms with van der Waals surface area (Å²) in [5.41, 5.74) is 0.417. The van der Waals surface area contributed by atoms with Gasteiger partial charge in [-0.3, -0.25) is 4.18 Å².